The lowest BCUT2D eigenvalue weighted by atomic mass is 10.1. The van der Waals surface area contributed by atoms with Gasteiger partial charge in [-0.15, -0.1) is 0 Å². The van der Waals surface area contributed by atoms with Crippen molar-refractivity contribution in [2.75, 3.05) is 20.3 Å². The third-order valence-corrected chi connectivity index (χ3v) is 3.66. The summed E-state index contributed by atoms with van der Waals surface area (Å²) in [7, 11) is 1.60. The maximum absolute atomic E-state index is 12.1. The number of hydrogen-bond acceptors (Lipinski definition) is 4. The van der Waals surface area contributed by atoms with Crippen LogP contribution in [0.1, 0.15) is 24.0 Å². The van der Waals surface area contributed by atoms with Gasteiger partial charge in [0.05, 0.1) is 13.2 Å². The highest BCUT2D eigenvalue weighted by Crippen LogP contribution is 2.19. The molecular formula is C17H20N2O3. The molecule has 1 atom stereocenters. The molecule has 1 aliphatic rings. The van der Waals surface area contributed by atoms with E-state index in [0.717, 1.165) is 36.3 Å². The number of carbonyl (C=O) groups is 1. The minimum atomic E-state index is -0.367. The lowest BCUT2D eigenvalue weighted by molar-refractivity contribution is -0.117. The number of methoxy groups -OCH3 is 1. The molecule has 1 amide bonds. The van der Waals surface area contributed by atoms with Crippen LogP contribution in [0.2, 0.25) is 0 Å². The van der Waals surface area contributed by atoms with E-state index >= 15 is 0 Å². The van der Waals surface area contributed by atoms with Crippen molar-refractivity contribution in [2.45, 2.75) is 25.9 Å². The van der Waals surface area contributed by atoms with Crippen LogP contribution in [0.4, 0.5) is 0 Å². The number of benzene rings is 1. The Hall–Kier alpha value is -2.32. The molecule has 1 aromatic carbocycles. The van der Waals surface area contributed by atoms with Crippen molar-refractivity contribution in [3.8, 4) is 11.8 Å². The summed E-state index contributed by atoms with van der Waals surface area (Å²) in [6.07, 6.45) is 3.63. The van der Waals surface area contributed by atoms with Gasteiger partial charge < -0.3 is 14.8 Å². The van der Waals surface area contributed by atoms with Crippen LogP contribution in [-0.2, 0) is 9.53 Å². The number of amides is 1. The Morgan fingerprint density at radius 1 is 1.59 bits per heavy atom. The van der Waals surface area contributed by atoms with Gasteiger partial charge in [-0.3, -0.25) is 4.79 Å². The molecule has 1 saturated heterocycles. The number of rotatable bonds is 5. The van der Waals surface area contributed by atoms with Gasteiger partial charge in [0.1, 0.15) is 17.4 Å². The van der Waals surface area contributed by atoms with Crippen LogP contribution in [0.5, 0.6) is 5.75 Å². The van der Waals surface area contributed by atoms with E-state index < -0.39 is 0 Å². The first-order valence-electron chi connectivity index (χ1n) is 7.30. The molecule has 0 spiro atoms. The smallest absolute Gasteiger partial charge is 0.262 e. The molecule has 2 rings (SSSR count). The van der Waals surface area contributed by atoms with Crippen LogP contribution in [-0.4, -0.2) is 32.3 Å². The fourth-order valence-corrected chi connectivity index (χ4v) is 2.35. The zero-order chi connectivity index (χ0) is 15.9. The lowest BCUT2D eigenvalue weighted by Crippen LogP contribution is -2.32. The van der Waals surface area contributed by atoms with Crippen molar-refractivity contribution in [1.29, 1.82) is 5.26 Å². The quantitative estimate of drug-likeness (QED) is 0.668. The minimum absolute atomic E-state index is 0.0617. The first-order chi connectivity index (χ1) is 10.6. The standard InChI is InChI=1S/C17H20N2O3/c1-12-8-15(21-2)6-5-13(12)9-14(10-18)17(20)19-11-16-4-3-7-22-16/h5-6,8-9,16H,3-4,7,11H2,1-2H3,(H,19,20). The molecule has 1 fully saturated rings. The van der Waals surface area contributed by atoms with E-state index in [1.54, 1.807) is 19.3 Å². The average molecular weight is 300 g/mol. The molecule has 0 saturated carbocycles. The van der Waals surface area contributed by atoms with Crippen molar-refractivity contribution in [3.63, 3.8) is 0 Å². The number of ether oxygens (including phenoxy) is 2. The van der Waals surface area contributed by atoms with E-state index in [4.69, 9.17) is 9.47 Å². The highest BCUT2D eigenvalue weighted by atomic mass is 16.5. The van der Waals surface area contributed by atoms with Gasteiger partial charge in [0.25, 0.3) is 5.91 Å². The maximum Gasteiger partial charge on any atom is 0.262 e. The van der Waals surface area contributed by atoms with Crippen LogP contribution < -0.4 is 10.1 Å². The van der Waals surface area contributed by atoms with E-state index in [-0.39, 0.29) is 17.6 Å². The molecule has 22 heavy (non-hydrogen) atoms. The van der Waals surface area contributed by atoms with E-state index in [2.05, 4.69) is 5.32 Å². The first-order valence-corrected chi connectivity index (χ1v) is 7.30. The van der Waals surface area contributed by atoms with Crippen molar-refractivity contribution in [3.05, 3.63) is 34.9 Å². The van der Waals surface area contributed by atoms with Gasteiger partial charge in [0, 0.05) is 13.2 Å². The Balaban J connectivity index is 2.06. The fraction of sp³-hybridized carbons (Fsp3) is 0.412. The van der Waals surface area contributed by atoms with Crippen molar-refractivity contribution in [2.24, 2.45) is 0 Å². The van der Waals surface area contributed by atoms with Crippen LogP contribution in [0, 0.1) is 18.3 Å². The van der Waals surface area contributed by atoms with E-state index in [1.165, 1.54) is 0 Å². The third kappa shape index (κ3) is 4.09. The second kappa shape index (κ2) is 7.62. The number of nitrogens with one attached hydrogen (secondary N) is 1. The lowest BCUT2D eigenvalue weighted by Gasteiger charge is -2.10. The summed E-state index contributed by atoms with van der Waals surface area (Å²) in [6.45, 7) is 3.10. The summed E-state index contributed by atoms with van der Waals surface area (Å²) in [5.41, 5.74) is 1.86. The Morgan fingerprint density at radius 3 is 3.00 bits per heavy atom. The van der Waals surface area contributed by atoms with Gasteiger partial charge in [-0.25, -0.2) is 0 Å². The normalized spacial score (nSPS) is 17.9. The number of nitrogens with zero attached hydrogens (tertiary/aromatic N) is 1. The van der Waals surface area contributed by atoms with Crippen LogP contribution in [0.15, 0.2) is 23.8 Å². The molecule has 1 N–H and O–H groups in total. The summed E-state index contributed by atoms with van der Waals surface area (Å²) in [5.74, 6) is 0.379. The summed E-state index contributed by atoms with van der Waals surface area (Å²) in [5, 5.41) is 12.0. The topological polar surface area (TPSA) is 71.3 Å². The van der Waals surface area contributed by atoms with E-state index in [1.807, 2.05) is 25.1 Å². The molecule has 0 aromatic heterocycles. The molecule has 5 nitrogen and oxygen atoms in total. The minimum Gasteiger partial charge on any atom is -0.497 e. The Morgan fingerprint density at radius 2 is 2.41 bits per heavy atom. The molecular weight excluding hydrogens is 280 g/mol. The Kier molecular flexibility index (Phi) is 5.56. The highest BCUT2D eigenvalue weighted by molar-refractivity contribution is 6.01. The zero-order valence-electron chi connectivity index (χ0n) is 12.9. The second-order valence-electron chi connectivity index (χ2n) is 5.24. The summed E-state index contributed by atoms with van der Waals surface area (Å²) in [6, 6.07) is 7.46. The molecule has 0 aliphatic carbocycles. The maximum atomic E-state index is 12.1. The second-order valence-corrected chi connectivity index (χ2v) is 5.24. The number of aryl methyl sites for hydroxylation is 1. The first kappa shape index (κ1) is 16.1. The fourth-order valence-electron chi connectivity index (χ4n) is 2.35. The molecule has 1 heterocycles. The summed E-state index contributed by atoms with van der Waals surface area (Å²) in [4.78, 5) is 12.1. The van der Waals surface area contributed by atoms with Crippen LogP contribution in [0.25, 0.3) is 6.08 Å². The SMILES string of the molecule is COc1ccc(C=C(C#N)C(=O)NCC2CCCO2)c(C)c1. The van der Waals surface area contributed by atoms with Crippen molar-refractivity contribution >= 4 is 12.0 Å². The van der Waals surface area contributed by atoms with E-state index in [0.29, 0.717) is 6.54 Å². The number of nitriles is 1. The molecule has 0 bridgehead atoms. The number of hydrogen-bond donors (Lipinski definition) is 1. The average Bonchev–Trinajstić information content (AvgIpc) is 3.04. The van der Waals surface area contributed by atoms with Crippen molar-refractivity contribution < 1.29 is 14.3 Å². The Bertz CT molecular complexity index is 611. The van der Waals surface area contributed by atoms with Crippen LogP contribution in [0.3, 0.4) is 0 Å². The predicted octanol–water partition coefficient (Wildman–Crippen LogP) is 2.21. The molecule has 1 aromatic rings. The summed E-state index contributed by atoms with van der Waals surface area (Å²) >= 11 is 0. The molecule has 5 heteroatoms. The Labute approximate surface area is 130 Å². The predicted molar refractivity (Wildman–Crippen MR) is 83.3 cm³/mol. The zero-order valence-corrected chi connectivity index (χ0v) is 12.9. The monoisotopic (exact) mass is 300 g/mol. The molecule has 1 aliphatic heterocycles. The van der Waals surface area contributed by atoms with Gasteiger partial charge in [-0.05, 0) is 49.1 Å². The van der Waals surface area contributed by atoms with Gasteiger partial charge in [0.15, 0.2) is 0 Å². The number of carbonyl (C=O) groups excluding carboxylic acids is 1. The van der Waals surface area contributed by atoms with E-state index in [9.17, 15) is 10.1 Å². The summed E-state index contributed by atoms with van der Waals surface area (Å²) < 4.78 is 10.6. The molecule has 1 unspecified atom stereocenters. The highest BCUT2D eigenvalue weighted by Gasteiger charge is 2.17. The largest absolute Gasteiger partial charge is 0.497 e. The van der Waals surface area contributed by atoms with Gasteiger partial charge in [0.2, 0.25) is 0 Å². The van der Waals surface area contributed by atoms with Gasteiger partial charge >= 0.3 is 0 Å². The third-order valence-electron chi connectivity index (χ3n) is 3.66. The van der Waals surface area contributed by atoms with Gasteiger partial charge in [-0.1, -0.05) is 6.07 Å². The van der Waals surface area contributed by atoms with Crippen LogP contribution >= 0.6 is 0 Å². The molecule has 0 radical (unpaired) electrons. The molecule has 116 valence electrons. The van der Waals surface area contributed by atoms with Crippen molar-refractivity contribution in [1.82, 2.24) is 5.32 Å². The van der Waals surface area contributed by atoms with Gasteiger partial charge in [-0.2, -0.15) is 5.26 Å².